The van der Waals surface area contributed by atoms with Crippen LogP contribution in [-0.2, 0) is 20.2 Å². The Hall–Kier alpha value is -3.21. The standard InChI is InChI=1S/C23H15N5O12S2.2Na/c29-22-20-14(18(41(35,36)37)9-8-16(20)24-23(30)12-4-2-1-3-5-12)11-19(42(38,39)40)21(22)26-25-15-7-6-13(27(31)32)10-17(15)28(33)34;;/h1-11,25H,(H2,35,36,37)(H,38,39,40);;/q;2*+1/p-2. The van der Waals surface area contributed by atoms with Crippen LogP contribution in [0.4, 0.5) is 17.1 Å². The zero-order chi connectivity index (χ0) is 31.0. The van der Waals surface area contributed by atoms with Crippen molar-refractivity contribution in [1.29, 1.82) is 0 Å². The number of carbonyl (C=O) groups excluding carboxylic acids is 1. The van der Waals surface area contributed by atoms with E-state index in [9.17, 15) is 56.1 Å². The van der Waals surface area contributed by atoms with Crippen LogP contribution in [0.25, 0.3) is 0 Å². The quantitative estimate of drug-likeness (QED) is 0.0642. The Morgan fingerprint density at radius 1 is 0.886 bits per heavy atom. The van der Waals surface area contributed by atoms with E-state index in [1.807, 2.05) is 5.43 Å². The molecule has 1 atom stereocenters. The van der Waals surface area contributed by atoms with Crippen molar-refractivity contribution < 1.29 is 100 Å². The number of benzene rings is 2. The average molecular weight is 661 g/mol. The van der Waals surface area contributed by atoms with Crippen molar-refractivity contribution in [3.05, 3.63) is 128 Å². The second-order valence-electron chi connectivity index (χ2n) is 8.21. The number of hydrogen-bond donors (Lipinski definition) is 2. The molecule has 2 N–H and O–H groups in total. The van der Waals surface area contributed by atoms with Gasteiger partial charge in [0.2, 0.25) is 5.43 Å². The number of nitrogens with zero attached hydrogens (tertiary/aromatic N) is 4. The molecule has 0 spiro atoms. The van der Waals surface area contributed by atoms with Crippen LogP contribution in [0.5, 0.6) is 0 Å². The van der Waals surface area contributed by atoms with Gasteiger partial charge in [0.15, 0.2) is 0 Å². The molecular weight excluding hydrogens is 648 g/mol. The molecule has 0 radical (unpaired) electrons. The summed E-state index contributed by atoms with van der Waals surface area (Å²) in [6, 6.07) is 11.6. The second-order valence-corrected chi connectivity index (χ2v) is 10.9. The first-order valence-corrected chi connectivity index (χ1v) is 13.9. The predicted octanol–water partition coefficient (Wildman–Crippen LogP) is -5.54. The Morgan fingerprint density at radius 3 is 2.07 bits per heavy atom. The number of rotatable bonds is 6. The van der Waals surface area contributed by atoms with Gasteiger partial charge < -0.3 is 13.7 Å². The van der Waals surface area contributed by atoms with Crippen LogP contribution in [0.15, 0.2) is 86.5 Å². The normalized spacial score (nSPS) is 13.3. The zero-order valence-electron chi connectivity index (χ0n) is 22.4. The molecule has 0 aliphatic heterocycles. The molecular formula is C23H13N5Na2O12S2. The summed E-state index contributed by atoms with van der Waals surface area (Å²) in [5.41, 5.74) is -1.56. The molecule has 2 aromatic rings. The molecule has 0 saturated carbocycles. The molecule has 2 aromatic carbocycles. The van der Waals surface area contributed by atoms with Gasteiger partial charge in [0.25, 0.3) is 11.6 Å². The van der Waals surface area contributed by atoms with E-state index < -0.39 is 89.0 Å². The van der Waals surface area contributed by atoms with Crippen molar-refractivity contribution in [1.82, 2.24) is 0 Å². The summed E-state index contributed by atoms with van der Waals surface area (Å²) in [6.45, 7) is 0. The van der Waals surface area contributed by atoms with Gasteiger partial charge in [0.1, 0.15) is 21.2 Å². The summed E-state index contributed by atoms with van der Waals surface area (Å²) >= 11 is 0. The maximum Gasteiger partial charge on any atom is 1.00 e. The molecule has 2 aliphatic carbocycles. The van der Waals surface area contributed by atoms with Gasteiger partial charge in [-0.25, -0.2) is 13.4 Å². The van der Waals surface area contributed by atoms with E-state index in [1.165, 1.54) is 24.3 Å². The summed E-state index contributed by atoms with van der Waals surface area (Å²) < 4.78 is 69.1. The van der Waals surface area contributed by atoms with Crippen LogP contribution >= 0.6 is 0 Å². The van der Waals surface area contributed by atoms with Gasteiger partial charge in [-0.15, -0.1) is 0 Å². The van der Waals surface area contributed by atoms with Gasteiger partial charge in [-0.05, 0) is 36.4 Å². The molecule has 2 aliphatic rings. The Bertz CT molecular complexity index is 2330. The van der Waals surface area contributed by atoms with Crippen molar-refractivity contribution in [2.75, 3.05) is 5.43 Å². The van der Waals surface area contributed by atoms with Crippen LogP contribution < -0.4 is 80.7 Å². The van der Waals surface area contributed by atoms with E-state index in [0.717, 1.165) is 24.3 Å². The molecule has 0 saturated heterocycles. The minimum Gasteiger partial charge on any atom is -0.757 e. The number of amides is 1. The van der Waals surface area contributed by atoms with Crippen LogP contribution in [0.2, 0.25) is 0 Å². The number of nitro groups is 2. The Balaban J connectivity index is 0.00000337. The molecule has 4 rings (SSSR count). The van der Waals surface area contributed by atoms with Crippen LogP contribution in [-0.4, -0.2) is 42.0 Å². The molecule has 21 heteroatoms. The van der Waals surface area contributed by atoms with Gasteiger partial charge in [0.05, 0.1) is 31.4 Å². The monoisotopic (exact) mass is 661 g/mol. The zero-order valence-corrected chi connectivity index (χ0v) is 28.0. The fourth-order valence-corrected chi connectivity index (χ4v) is 5.08. The third-order valence-electron chi connectivity index (χ3n) is 5.60. The van der Waals surface area contributed by atoms with Crippen molar-refractivity contribution in [3.63, 3.8) is 0 Å². The Kier molecular flexibility index (Phi) is 12.0. The minimum absolute atomic E-state index is 0. The van der Waals surface area contributed by atoms with Crippen molar-refractivity contribution in [2.24, 2.45) is 10.1 Å². The Labute approximate surface area is 289 Å². The third kappa shape index (κ3) is 7.89. The number of carbonyl (C=O) groups is 1. The van der Waals surface area contributed by atoms with Gasteiger partial charge in [-0.1, -0.05) is 18.2 Å². The van der Waals surface area contributed by atoms with Gasteiger partial charge in [-0.2, -0.15) is 5.10 Å². The summed E-state index contributed by atoms with van der Waals surface area (Å²) in [6.07, 6.45) is 0. The first kappa shape index (κ1) is 37.0. The summed E-state index contributed by atoms with van der Waals surface area (Å²) in [5.74, 6) is -0.908. The summed E-state index contributed by atoms with van der Waals surface area (Å²) in [5, 5.41) is 22.7. The molecule has 0 aromatic heterocycles. The van der Waals surface area contributed by atoms with Gasteiger partial charge in [-0.3, -0.25) is 39.5 Å². The van der Waals surface area contributed by atoms with Gasteiger partial charge in [0, 0.05) is 31.4 Å². The molecule has 1 amide bonds. The maximum atomic E-state index is 13.6. The number of nitro benzene ring substituents is 2. The molecule has 44 heavy (non-hydrogen) atoms. The second kappa shape index (κ2) is 14.3. The van der Waals surface area contributed by atoms with E-state index in [2.05, 4.69) is 10.1 Å². The SMILES string of the molecule is O=C(N=c1ccc(=S(=O)([O-])O)c2cc(S(=O)(=O)[O-])c(=NNc3ccc([N+](=O)[O-])cc3[N+](=O)[O-])c(=O)c1=2)c1ccccc1.[Na+].[Na+]. The fourth-order valence-electron chi connectivity index (χ4n) is 3.77. The van der Waals surface area contributed by atoms with E-state index >= 15 is 0 Å². The van der Waals surface area contributed by atoms with Crippen LogP contribution in [0.1, 0.15) is 10.4 Å². The minimum atomic E-state index is -5.62. The smallest absolute Gasteiger partial charge is 0.757 e. The number of anilines is 1. The van der Waals surface area contributed by atoms with Crippen LogP contribution in [0.3, 0.4) is 0 Å². The topological polar surface area (TPSA) is 275 Å². The van der Waals surface area contributed by atoms with Crippen LogP contribution in [0, 0.1) is 35.2 Å². The fraction of sp³-hybridized carbons (Fsp3) is 0. The third-order valence-corrected chi connectivity index (χ3v) is 7.36. The van der Waals surface area contributed by atoms with Crippen molar-refractivity contribution >= 4 is 43.2 Å². The summed E-state index contributed by atoms with van der Waals surface area (Å²) in [4.78, 5) is 49.2. The number of hydrogen-bond acceptors (Lipinski definition) is 13. The van der Waals surface area contributed by atoms with Crippen molar-refractivity contribution in [3.8, 4) is 0 Å². The molecule has 17 nitrogen and oxygen atoms in total. The molecule has 0 bridgehead atoms. The van der Waals surface area contributed by atoms with E-state index in [0.29, 0.717) is 12.1 Å². The molecule has 0 fully saturated rings. The van der Waals surface area contributed by atoms with E-state index in [-0.39, 0.29) is 64.7 Å². The first-order valence-electron chi connectivity index (χ1n) is 11.0. The first-order chi connectivity index (χ1) is 19.6. The average Bonchev–Trinajstić information content (AvgIpc) is 2.91. The number of nitrogens with one attached hydrogen (secondary N) is 1. The van der Waals surface area contributed by atoms with Crippen molar-refractivity contribution in [2.45, 2.75) is 4.90 Å². The maximum absolute atomic E-state index is 13.6. The molecule has 1 unspecified atom stereocenters. The molecule has 0 heterocycles. The number of non-ortho nitro benzene ring substituents is 1. The summed E-state index contributed by atoms with van der Waals surface area (Å²) in [7, 11) is -10.8. The largest absolute Gasteiger partial charge is 1.00 e. The molecule has 216 valence electrons. The predicted molar refractivity (Wildman–Crippen MR) is 138 cm³/mol. The Morgan fingerprint density at radius 2 is 1.52 bits per heavy atom. The van der Waals surface area contributed by atoms with Gasteiger partial charge >= 0.3 is 64.8 Å². The van der Waals surface area contributed by atoms with E-state index in [4.69, 9.17) is 0 Å². The van der Waals surface area contributed by atoms with E-state index in [1.54, 1.807) is 6.07 Å².